The van der Waals surface area contributed by atoms with E-state index < -0.39 is 0 Å². The van der Waals surface area contributed by atoms with Crippen LogP contribution in [0.4, 0.5) is 21.9 Å². The normalized spacial score (nSPS) is 14.3. The van der Waals surface area contributed by atoms with Crippen molar-refractivity contribution in [2.45, 2.75) is 26.2 Å². The van der Waals surface area contributed by atoms with E-state index >= 15 is 0 Å². The maximum Gasteiger partial charge on any atom is 0.323 e. The molecular formula is C19H22ClN3O. The summed E-state index contributed by atoms with van der Waals surface area (Å²) in [4.78, 5) is 14.5. The number of nitrogens with one attached hydrogen (secondary N) is 2. The number of carbonyl (C=O) groups is 1. The number of halogens is 1. The van der Waals surface area contributed by atoms with Crippen molar-refractivity contribution in [2.24, 2.45) is 0 Å². The summed E-state index contributed by atoms with van der Waals surface area (Å²) < 4.78 is 0. The van der Waals surface area contributed by atoms with Crippen LogP contribution in [0.2, 0.25) is 5.02 Å². The molecule has 2 N–H and O–H groups in total. The molecule has 4 nitrogen and oxygen atoms in total. The average Bonchev–Trinajstić information content (AvgIpc) is 2.59. The van der Waals surface area contributed by atoms with Gasteiger partial charge in [0.2, 0.25) is 0 Å². The molecule has 0 aromatic heterocycles. The zero-order chi connectivity index (χ0) is 16.9. The minimum atomic E-state index is -0.277. The van der Waals surface area contributed by atoms with Crippen LogP contribution in [-0.2, 0) is 0 Å². The van der Waals surface area contributed by atoms with Crippen molar-refractivity contribution >= 4 is 34.7 Å². The fraction of sp³-hybridized carbons (Fsp3) is 0.316. The van der Waals surface area contributed by atoms with Crippen molar-refractivity contribution in [3.63, 3.8) is 0 Å². The lowest BCUT2D eigenvalue weighted by Crippen LogP contribution is -2.29. The summed E-state index contributed by atoms with van der Waals surface area (Å²) in [5.74, 6) is 0. The highest BCUT2D eigenvalue weighted by atomic mass is 35.5. The number of nitrogens with zero attached hydrogens (tertiary/aromatic N) is 1. The Morgan fingerprint density at radius 2 is 1.58 bits per heavy atom. The number of rotatable bonds is 3. The van der Waals surface area contributed by atoms with Crippen LogP contribution < -0.4 is 15.5 Å². The minimum Gasteiger partial charge on any atom is -0.372 e. The van der Waals surface area contributed by atoms with Crippen molar-refractivity contribution in [1.29, 1.82) is 0 Å². The van der Waals surface area contributed by atoms with Crippen LogP contribution in [0.25, 0.3) is 0 Å². The van der Waals surface area contributed by atoms with Crippen LogP contribution in [0.1, 0.15) is 24.8 Å². The van der Waals surface area contributed by atoms with Crippen molar-refractivity contribution in [1.82, 2.24) is 0 Å². The van der Waals surface area contributed by atoms with E-state index in [0.29, 0.717) is 10.7 Å². The molecule has 1 fully saturated rings. The van der Waals surface area contributed by atoms with Crippen LogP contribution in [-0.4, -0.2) is 19.1 Å². The summed E-state index contributed by atoms with van der Waals surface area (Å²) >= 11 is 6.07. The molecule has 126 valence electrons. The summed E-state index contributed by atoms with van der Waals surface area (Å²) in [6, 6.07) is 13.2. The monoisotopic (exact) mass is 343 g/mol. The molecule has 0 saturated carbocycles. The predicted octanol–water partition coefficient (Wildman–Crippen LogP) is 5.28. The van der Waals surface area contributed by atoms with Crippen molar-refractivity contribution in [3.05, 3.63) is 53.1 Å². The molecule has 0 radical (unpaired) electrons. The summed E-state index contributed by atoms with van der Waals surface area (Å²) in [7, 11) is 0. The van der Waals surface area contributed by atoms with Gasteiger partial charge in [0, 0.05) is 35.2 Å². The lowest BCUT2D eigenvalue weighted by Gasteiger charge is -2.28. The summed E-state index contributed by atoms with van der Waals surface area (Å²) in [6.45, 7) is 4.15. The van der Waals surface area contributed by atoms with Gasteiger partial charge in [-0.1, -0.05) is 17.7 Å². The van der Waals surface area contributed by atoms with Crippen LogP contribution in [0, 0.1) is 6.92 Å². The van der Waals surface area contributed by atoms with Gasteiger partial charge in [-0.25, -0.2) is 4.79 Å². The molecule has 0 atom stereocenters. The predicted molar refractivity (Wildman–Crippen MR) is 101 cm³/mol. The second-order valence-corrected chi connectivity index (χ2v) is 6.54. The Kier molecular flexibility index (Phi) is 5.26. The molecule has 0 unspecified atom stereocenters. The van der Waals surface area contributed by atoms with Crippen molar-refractivity contribution in [3.8, 4) is 0 Å². The standard InChI is InChI=1S/C19H22ClN3O/c1-14-5-6-16(13-18(14)20)22-19(24)21-15-7-9-17(10-8-15)23-11-3-2-4-12-23/h5-10,13H,2-4,11-12H2,1H3,(H2,21,22,24). The van der Waals surface area contributed by atoms with Gasteiger partial charge < -0.3 is 15.5 Å². The quantitative estimate of drug-likeness (QED) is 0.796. The minimum absolute atomic E-state index is 0.277. The highest BCUT2D eigenvalue weighted by Crippen LogP contribution is 2.23. The third-order valence-corrected chi connectivity index (χ3v) is 4.68. The Morgan fingerprint density at radius 3 is 2.25 bits per heavy atom. The van der Waals surface area contributed by atoms with E-state index in [9.17, 15) is 4.79 Å². The average molecular weight is 344 g/mol. The number of amides is 2. The van der Waals surface area contributed by atoms with Crippen LogP contribution >= 0.6 is 11.6 Å². The molecule has 0 bridgehead atoms. The molecular weight excluding hydrogens is 322 g/mol. The molecule has 2 aromatic carbocycles. The third-order valence-electron chi connectivity index (χ3n) is 4.28. The van der Waals surface area contributed by atoms with Gasteiger partial charge >= 0.3 is 6.03 Å². The number of piperidine rings is 1. The van der Waals surface area contributed by atoms with E-state index in [1.807, 2.05) is 31.2 Å². The van der Waals surface area contributed by atoms with E-state index in [1.165, 1.54) is 24.9 Å². The Labute approximate surface area is 147 Å². The largest absolute Gasteiger partial charge is 0.372 e. The topological polar surface area (TPSA) is 44.4 Å². The van der Waals surface area contributed by atoms with Crippen LogP contribution in [0.5, 0.6) is 0 Å². The van der Waals surface area contributed by atoms with E-state index in [-0.39, 0.29) is 6.03 Å². The summed E-state index contributed by atoms with van der Waals surface area (Å²) in [5.41, 5.74) is 3.64. The van der Waals surface area contributed by atoms with Gasteiger partial charge in [-0.3, -0.25) is 0 Å². The smallest absolute Gasteiger partial charge is 0.323 e. The van der Waals surface area contributed by atoms with Crippen LogP contribution in [0.15, 0.2) is 42.5 Å². The zero-order valence-corrected chi connectivity index (χ0v) is 14.6. The third kappa shape index (κ3) is 4.20. The molecule has 2 amide bonds. The number of carbonyl (C=O) groups excluding carboxylic acids is 1. The fourth-order valence-electron chi connectivity index (χ4n) is 2.87. The first-order chi connectivity index (χ1) is 11.6. The molecule has 1 heterocycles. The lowest BCUT2D eigenvalue weighted by atomic mass is 10.1. The van der Waals surface area contributed by atoms with Gasteiger partial charge in [0.25, 0.3) is 0 Å². The highest BCUT2D eigenvalue weighted by Gasteiger charge is 2.11. The van der Waals surface area contributed by atoms with E-state index in [0.717, 1.165) is 24.3 Å². The highest BCUT2D eigenvalue weighted by molar-refractivity contribution is 6.31. The molecule has 2 aromatic rings. The Morgan fingerprint density at radius 1 is 0.958 bits per heavy atom. The molecule has 1 aliphatic heterocycles. The first-order valence-electron chi connectivity index (χ1n) is 8.31. The number of hydrogen-bond acceptors (Lipinski definition) is 2. The number of hydrogen-bond donors (Lipinski definition) is 2. The number of benzene rings is 2. The van der Waals surface area contributed by atoms with Gasteiger partial charge in [0.15, 0.2) is 0 Å². The number of anilines is 3. The first-order valence-corrected chi connectivity index (χ1v) is 8.69. The fourth-order valence-corrected chi connectivity index (χ4v) is 3.05. The SMILES string of the molecule is Cc1ccc(NC(=O)Nc2ccc(N3CCCCC3)cc2)cc1Cl. The first kappa shape index (κ1) is 16.7. The Balaban J connectivity index is 1.58. The molecule has 0 spiro atoms. The molecule has 24 heavy (non-hydrogen) atoms. The van der Waals surface area contributed by atoms with E-state index in [4.69, 9.17) is 11.6 Å². The molecule has 0 aliphatic carbocycles. The molecule has 3 rings (SSSR count). The summed E-state index contributed by atoms with van der Waals surface area (Å²) in [6.07, 6.45) is 3.82. The lowest BCUT2D eigenvalue weighted by molar-refractivity contribution is 0.262. The molecule has 1 saturated heterocycles. The van der Waals surface area contributed by atoms with Gasteiger partial charge in [-0.2, -0.15) is 0 Å². The number of urea groups is 1. The van der Waals surface area contributed by atoms with Gasteiger partial charge in [-0.05, 0) is 68.1 Å². The maximum atomic E-state index is 12.1. The number of aryl methyl sites for hydroxylation is 1. The maximum absolute atomic E-state index is 12.1. The second kappa shape index (κ2) is 7.58. The molecule has 5 heteroatoms. The van der Waals surface area contributed by atoms with Gasteiger partial charge in [-0.15, -0.1) is 0 Å². The van der Waals surface area contributed by atoms with Crippen LogP contribution in [0.3, 0.4) is 0 Å². The van der Waals surface area contributed by atoms with Gasteiger partial charge in [0.1, 0.15) is 0 Å². The zero-order valence-electron chi connectivity index (χ0n) is 13.8. The van der Waals surface area contributed by atoms with Crippen molar-refractivity contribution in [2.75, 3.05) is 28.6 Å². The Hall–Kier alpha value is -2.20. The Bertz CT molecular complexity index is 709. The van der Waals surface area contributed by atoms with Crippen molar-refractivity contribution < 1.29 is 4.79 Å². The molecule has 1 aliphatic rings. The van der Waals surface area contributed by atoms with Gasteiger partial charge in [0.05, 0.1) is 0 Å². The van der Waals surface area contributed by atoms with E-state index in [1.54, 1.807) is 6.07 Å². The second-order valence-electron chi connectivity index (χ2n) is 6.14. The van der Waals surface area contributed by atoms with E-state index in [2.05, 4.69) is 27.7 Å². The summed E-state index contributed by atoms with van der Waals surface area (Å²) in [5, 5.41) is 6.27.